The monoisotopic (exact) mass is 250 g/mol. The average molecular weight is 250 g/mol. The summed E-state index contributed by atoms with van der Waals surface area (Å²) in [7, 11) is 0. The molecule has 1 aromatic heterocycles. The molecule has 1 fully saturated rings. The highest BCUT2D eigenvalue weighted by Crippen LogP contribution is 2.18. The molecule has 0 radical (unpaired) electrons. The predicted molar refractivity (Wildman–Crippen MR) is 67.8 cm³/mol. The molecule has 6 heteroatoms. The van der Waals surface area contributed by atoms with E-state index in [0.717, 1.165) is 19.4 Å². The van der Waals surface area contributed by atoms with Crippen LogP contribution in [-0.2, 0) is 0 Å². The number of aliphatic hydroxyl groups is 1. The van der Waals surface area contributed by atoms with Crippen LogP contribution in [0.25, 0.3) is 0 Å². The second-order valence-corrected chi connectivity index (χ2v) is 4.52. The zero-order valence-corrected chi connectivity index (χ0v) is 10.2. The molecule has 2 rings (SSSR count). The van der Waals surface area contributed by atoms with Crippen LogP contribution >= 0.6 is 0 Å². The number of rotatable bonds is 3. The quantitative estimate of drug-likeness (QED) is 0.527. The number of nitrogens with zero attached hydrogens (tertiary/aromatic N) is 2. The molecular weight excluding hydrogens is 232 g/mol. The first-order valence-electron chi connectivity index (χ1n) is 6.07. The summed E-state index contributed by atoms with van der Waals surface area (Å²) in [5.41, 5.74) is 3.53. The Morgan fingerprint density at radius 1 is 1.67 bits per heavy atom. The number of likely N-dealkylation sites (tertiary alicyclic amines) is 1. The molecule has 18 heavy (non-hydrogen) atoms. The largest absolute Gasteiger partial charge is 0.396 e. The van der Waals surface area contributed by atoms with Gasteiger partial charge in [0, 0.05) is 25.9 Å². The van der Waals surface area contributed by atoms with Gasteiger partial charge in [0.05, 0.1) is 5.69 Å². The maximum absolute atomic E-state index is 12.2. The summed E-state index contributed by atoms with van der Waals surface area (Å²) >= 11 is 0. The Hall–Kier alpha value is -1.66. The molecule has 0 aromatic carbocycles. The third-order valence-electron chi connectivity index (χ3n) is 3.21. The summed E-state index contributed by atoms with van der Waals surface area (Å²) in [4.78, 5) is 18.0. The van der Waals surface area contributed by atoms with Crippen LogP contribution < -0.4 is 11.3 Å². The minimum atomic E-state index is -0.106. The number of nitrogen functional groups attached to an aromatic ring is 1. The van der Waals surface area contributed by atoms with Gasteiger partial charge in [0.15, 0.2) is 0 Å². The van der Waals surface area contributed by atoms with Crippen molar-refractivity contribution >= 4 is 11.6 Å². The third-order valence-corrected chi connectivity index (χ3v) is 3.21. The molecule has 0 bridgehead atoms. The molecule has 6 nitrogen and oxygen atoms in total. The zero-order chi connectivity index (χ0) is 13.0. The van der Waals surface area contributed by atoms with Gasteiger partial charge in [-0.1, -0.05) is 0 Å². The van der Waals surface area contributed by atoms with Gasteiger partial charge in [-0.2, -0.15) is 0 Å². The topological polar surface area (TPSA) is 91.5 Å². The van der Waals surface area contributed by atoms with Gasteiger partial charge in [0.1, 0.15) is 5.69 Å². The second-order valence-electron chi connectivity index (χ2n) is 4.52. The van der Waals surface area contributed by atoms with Crippen LogP contribution in [0, 0.1) is 5.92 Å². The van der Waals surface area contributed by atoms with Crippen LogP contribution in [0.2, 0.25) is 0 Å². The number of pyridine rings is 1. The van der Waals surface area contributed by atoms with E-state index in [1.165, 1.54) is 0 Å². The van der Waals surface area contributed by atoms with Crippen molar-refractivity contribution in [3.63, 3.8) is 0 Å². The van der Waals surface area contributed by atoms with Crippen LogP contribution in [0.3, 0.4) is 0 Å². The molecule has 0 aliphatic carbocycles. The number of carbonyl (C=O) groups is 1. The second kappa shape index (κ2) is 5.79. The summed E-state index contributed by atoms with van der Waals surface area (Å²) in [6, 6.07) is 3.33. The Bertz CT molecular complexity index is 424. The highest BCUT2D eigenvalue weighted by Gasteiger charge is 2.24. The number of carbonyl (C=O) groups excluding carboxylic acids is 1. The first kappa shape index (κ1) is 12.8. The number of anilines is 1. The number of amides is 1. The fourth-order valence-electron chi connectivity index (χ4n) is 2.20. The number of hydrazine groups is 1. The van der Waals surface area contributed by atoms with Gasteiger partial charge in [-0.05, 0) is 30.9 Å². The van der Waals surface area contributed by atoms with Gasteiger partial charge in [-0.3, -0.25) is 15.6 Å². The van der Waals surface area contributed by atoms with Gasteiger partial charge in [-0.25, -0.2) is 0 Å². The van der Waals surface area contributed by atoms with Crippen LogP contribution in [0.15, 0.2) is 18.3 Å². The van der Waals surface area contributed by atoms with E-state index in [4.69, 9.17) is 10.9 Å². The van der Waals surface area contributed by atoms with Crippen molar-refractivity contribution in [2.45, 2.75) is 12.8 Å². The lowest BCUT2D eigenvalue weighted by atomic mass is 9.99. The standard InChI is InChI=1S/C12H18N4O2/c13-15-10-3-4-14-11(6-10)12(18)16-5-1-2-9(7-16)8-17/h3-4,6,9,17H,1-2,5,7-8,13H2,(H,14,15). The van der Waals surface area contributed by atoms with Crippen LogP contribution in [0.4, 0.5) is 5.69 Å². The van der Waals surface area contributed by atoms with Gasteiger partial charge in [0.2, 0.25) is 0 Å². The molecule has 1 aliphatic heterocycles. The van der Waals surface area contributed by atoms with E-state index < -0.39 is 0 Å². The number of aromatic nitrogens is 1. The van der Waals surface area contributed by atoms with E-state index >= 15 is 0 Å². The third kappa shape index (κ3) is 2.77. The zero-order valence-electron chi connectivity index (χ0n) is 10.2. The van der Waals surface area contributed by atoms with Crippen molar-refractivity contribution in [1.82, 2.24) is 9.88 Å². The molecule has 0 saturated carbocycles. The van der Waals surface area contributed by atoms with E-state index in [2.05, 4.69) is 10.4 Å². The maximum atomic E-state index is 12.2. The molecule has 1 aliphatic rings. The van der Waals surface area contributed by atoms with Gasteiger partial charge in [0.25, 0.3) is 5.91 Å². The highest BCUT2D eigenvalue weighted by molar-refractivity contribution is 5.93. The lowest BCUT2D eigenvalue weighted by Gasteiger charge is -2.31. The van der Waals surface area contributed by atoms with E-state index in [-0.39, 0.29) is 18.4 Å². The van der Waals surface area contributed by atoms with Gasteiger partial charge >= 0.3 is 0 Å². The minimum Gasteiger partial charge on any atom is -0.396 e. The molecule has 1 saturated heterocycles. The normalized spacial score (nSPS) is 19.7. The Kier molecular flexibility index (Phi) is 4.11. The summed E-state index contributed by atoms with van der Waals surface area (Å²) < 4.78 is 0. The van der Waals surface area contributed by atoms with E-state index in [1.807, 2.05) is 0 Å². The molecule has 1 atom stereocenters. The maximum Gasteiger partial charge on any atom is 0.272 e. The Morgan fingerprint density at radius 3 is 3.22 bits per heavy atom. The number of aliphatic hydroxyl groups excluding tert-OH is 1. The first-order valence-corrected chi connectivity index (χ1v) is 6.07. The van der Waals surface area contributed by atoms with E-state index in [1.54, 1.807) is 23.2 Å². The number of nitrogens with one attached hydrogen (secondary N) is 1. The fraction of sp³-hybridized carbons (Fsp3) is 0.500. The smallest absolute Gasteiger partial charge is 0.272 e. The van der Waals surface area contributed by atoms with Crippen molar-refractivity contribution in [2.75, 3.05) is 25.1 Å². The van der Waals surface area contributed by atoms with Crippen LogP contribution in [0.1, 0.15) is 23.3 Å². The van der Waals surface area contributed by atoms with Crippen LogP contribution in [-0.4, -0.2) is 40.6 Å². The molecule has 4 N–H and O–H groups in total. The van der Waals surface area contributed by atoms with Crippen LogP contribution in [0.5, 0.6) is 0 Å². The SMILES string of the molecule is NNc1ccnc(C(=O)N2CCCC(CO)C2)c1. The van der Waals surface area contributed by atoms with E-state index in [9.17, 15) is 4.79 Å². The lowest BCUT2D eigenvalue weighted by molar-refractivity contribution is 0.0615. The molecule has 2 heterocycles. The minimum absolute atomic E-state index is 0.106. The summed E-state index contributed by atoms with van der Waals surface area (Å²) in [6.45, 7) is 1.44. The molecule has 1 unspecified atom stereocenters. The average Bonchev–Trinajstić information content (AvgIpc) is 2.46. The Morgan fingerprint density at radius 2 is 2.50 bits per heavy atom. The van der Waals surface area contributed by atoms with E-state index in [0.29, 0.717) is 17.9 Å². The molecule has 1 amide bonds. The molecule has 0 spiro atoms. The summed E-state index contributed by atoms with van der Waals surface area (Å²) in [6.07, 6.45) is 3.44. The van der Waals surface area contributed by atoms with Gasteiger partial charge < -0.3 is 15.4 Å². The molecule has 1 aromatic rings. The molecular formula is C12H18N4O2. The first-order chi connectivity index (χ1) is 8.74. The Balaban J connectivity index is 2.10. The van der Waals surface area contributed by atoms with Gasteiger partial charge in [-0.15, -0.1) is 0 Å². The van der Waals surface area contributed by atoms with Crippen molar-refractivity contribution in [1.29, 1.82) is 0 Å². The van der Waals surface area contributed by atoms with Crippen molar-refractivity contribution < 1.29 is 9.90 Å². The summed E-state index contributed by atoms with van der Waals surface area (Å²) in [5, 5.41) is 9.16. The van der Waals surface area contributed by atoms with Crippen molar-refractivity contribution in [3.8, 4) is 0 Å². The molecule has 98 valence electrons. The lowest BCUT2D eigenvalue weighted by Crippen LogP contribution is -2.41. The Labute approximate surface area is 106 Å². The highest BCUT2D eigenvalue weighted by atomic mass is 16.3. The van der Waals surface area contributed by atoms with Crippen molar-refractivity contribution in [2.24, 2.45) is 11.8 Å². The number of piperidine rings is 1. The number of hydrogen-bond acceptors (Lipinski definition) is 5. The number of nitrogens with two attached hydrogens (primary N) is 1. The van der Waals surface area contributed by atoms with Crippen molar-refractivity contribution in [3.05, 3.63) is 24.0 Å². The fourth-order valence-corrected chi connectivity index (χ4v) is 2.20. The number of hydrogen-bond donors (Lipinski definition) is 3. The predicted octanol–water partition coefficient (Wildman–Crippen LogP) is 0.212. The summed E-state index contributed by atoms with van der Waals surface area (Å²) in [5.74, 6) is 5.38.